The van der Waals surface area contributed by atoms with E-state index in [2.05, 4.69) is 21.1 Å². The lowest BCUT2D eigenvalue weighted by Crippen LogP contribution is -2.08. The van der Waals surface area contributed by atoms with Crippen LogP contribution >= 0.6 is 15.9 Å². The Bertz CT molecular complexity index is 546. The monoisotopic (exact) mass is 292 g/mol. The van der Waals surface area contributed by atoms with Crippen molar-refractivity contribution in [1.29, 1.82) is 0 Å². The molecule has 0 atom stereocenters. The van der Waals surface area contributed by atoms with Crippen molar-refractivity contribution in [2.24, 2.45) is 0 Å². The molecular weight excluding hydrogens is 280 g/mol. The summed E-state index contributed by atoms with van der Waals surface area (Å²) in [5.74, 6) is 1.94. The first kappa shape index (κ1) is 10.8. The largest absolute Gasteiger partial charge is 0.380 e. The summed E-state index contributed by atoms with van der Waals surface area (Å²) in [7, 11) is 0. The molecule has 88 valence electrons. The molecule has 0 amide bonds. The first-order chi connectivity index (χ1) is 8.25. The highest BCUT2D eigenvalue weighted by Gasteiger charge is 2.28. The lowest BCUT2D eigenvalue weighted by molar-refractivity contribution is 0.302. The van der Waals surface area contributed by atoms with Crippen molar-refractivity contribution in [2.75, 3.05) is 5.73 Å². The van der Waals surface area contributed by atoms with E-state index in [0.717, 1.165) is 21.4 Å². The Morgan fingerprint density at radius 1 is 1.35 bits per heavy atom. The summed E-state index contributed by atoms with van der Waals surface area (Å²) in [6, 6.07) is 8.08. The second kappa shape index (κ2) is 4.18. The zero-order chi connectivity index (χ0) is 11.8. The van der Waals surface area contributed by atoms with Crippen LogP contribution in [-0.4, -0.2) is 5.16 Å². The molecule has 1 saturated carbocycles. The van der Waals surface area contributed by atoms with Crippen LogP contribution in [0.5, 0.6) is 0 Å². The number of halogens is 1. The number of nitrogen functional groups attached to an aromatic ring is 1. The molecule has 1 aromatic carbocycles. The van der Waals surface area contributed by atoms with Crippen molar-refractivity contribution in [3.8, 4) is 11.1 Å². The van der Waals surface area contributed by atoms with Crippen LogP contribution in [0.2, 0.25) is 0 Å². The van der Waals surface area contributed by atoms with Gasteiger partial charge in [-0.1, -0.05) is 39.6 Å². The van der Waals surface area contributed by atoms with Crippen LogP contribution in [0.25, 0.3) is 11.1 Å². The molecule has 4 heteroatoms. The standard InChI is InChI=1S/C13H13BrN2O/c14-10-6-2-5-9(7-10)11-12(8-3-1-4-8)17-16-13(11)15/h2,5-8H,1,3-4H2,(H2,15,16). The predicted molar refractivity (Wildman–Crippen MR) is 70.6 cm³/mol. The van der Waals surface area contributed by atoms with Gasteiger partial charge in [0.1, 0.15) is 5.76 Å². The average molecular weight is 293 g/mol. The van der Waals surface area contributed by atoms with Crippen LogP contribution in [0, 0.1) is 0 Å². The molecule has 2 aromatic rings. The van der Waals surface area contributed by atoms with Crippen LogP contribution in [0.1, 0.15) is 30.9 Å². The number of rotatable bonds is 2. The lowest BCUT2D eigenvalue weighted by Gasteiger charge is -2.23. The molecule has 0 bridgehead atoms. The third-order valence-corrected chi connectivity index (χ3v) is 3.83. The van der Waals surface area contributed by atoms with Crippen molar-refractivity contribution in [3.05, 3.63) is 34.5 Å². The number of nitrogens with two attached hydrogens (primary N) is 1. The van der Waals surface area contributed by atoms with Crippen molar-refractivity contribution in [1.82, 2.24) is 5.16 Å². The molecule has 1 aliphatic carbocycles. The van der Waals surface area contributed by atoms with E-state index in [0.29, 0.717) is 11.7 Å². The summed E-state index contributed by atoms with van der Waals surface area (Å²) in [6.07, 6.45) is 3.62. The van der Waals surface area contributed by atoms with Crippen molar-refractivity contribution >= 4 is 21.7 Å². The highest BCUT2D eigenvalue weighted by Crippen LogP contribution is 2.43. The molecule has 1 fully saturated rings. The van der Waals surface area contributed by atoms with Crippen LogP contribution in [-0.2, 0) is 0 Å². The molecule has 3 nitrogen and oxygen atoms in total. The number of hydrogen-bond donors (Lipinski definition) is 1. The van der Waals surface area contributed by atoms with E-state index in [-0.39, 0.29) is 0 Å². The van der Waals surface area contributed by atoms with Gasteiger partial charge in [0.25, 0.3) is 0 Å². The van der Waals surface area contributed by atoms with Crippen molar-refractivity contribution < 1.29 is 4.52 Å². The molecule has 0 aliphatic heterocycles. The van der Waals surface area contributed by atoms with E-state index in [9.17, 15) is 0 Å². The van der Waals surface area contributed by atoms with Gasteiger partial charge >= 0.3 is 0 Å². The normalized spacial score (nSPS) is 15.8. The SMILES string of the molecule is Nc1noc(C2CCC2)c1-c1cccc(Br)c1. The molecule has 0 unspecified atom stereocenters. The highest BCUT2D eigenvalue weighted by atomic mass is 79.9. The molecule has 17 heavy (non-hydrogen) atoms. The summed E-state index contributed by atoms with van der Waals surface area (Å²) >= 11 is 3.47. The van der Waals surface area contributed by atoms with Crippen molar-refractivity contribution in [3.63, 3.8) is 0 Å². The van der Waals surface area contributed by atoms with Crippen LogP contribution in [0.3, 0.4) is 0 Å². The Hall–Kier alpha value is -1.29. The summed E-state index contributed by atoms with van der Waals surface area (Å²) in [5.41, 5.74) is 7.96. The summed E-state index contributed by atoms with van der Waals surface area (Å²) in [6.45, 7) is 0. The summed E-state index contributed by atoms with van der Waals surface area (Å²) in [5, 5.41) is 3.91. The fraction of sp³-hybridized carbons (Fsp3) is 0.308. The van der Waals surface area contributed by atoms with E-state index in [1.807, 2.05) is 24.3 Å². The van der Waals surface area contributed by atoms with E-state index < -0.39 is 0 Å². The van der Waals surface area contributed by atoms with Gasteiger partial charge in [-0.2, -0.15) is 0 Å². The molecule has 0 radical (unpaired) electrons. The van der Waals surface area contributed by atoms with Gasteiger partial charge < -0.3 is 10.3 Å². The first-order valence-electron chi connectivity index (χ1n) is 5.76. The number of hydrogen-bond acceptors (Lipinski definition) is 3. The molecule has 1 aromatic heterocycles. The maximum atomic E-state index is 5.92. The van der Waals surface area contributed by atoms with E-state index >= 15 is 0 Å². The molecule has 1 heterocycles. The van der Waals surface area contributed by atoms with Crippen LogP contribution in [0.15, 0.2) is 33.3 Å². The minimum atomic E-state index is 0.491. The smallest absolute Gasteiger partial charge is 0.175 e. The number of nitrogens with zero attached hydrogens (tertiary/aromatic N) is 1. The third kappa shape index (κ3) is 1.86. The fourth-order valence-corrected chi connectivity index (χ4v) is 2.60. The molecule has 3 rings (SSSR count). The van der Waals surface area contributed by atoms with E-state index in [4.69, 9.17) is 10.3 Å². The number of benzene rings is 1. The number of aromatic nitrogens is 1. The van der Waals surface area contributed by atoms with Gasteiger partial charge in [-0.15, -0.1) is 0 Å². The van der Waals surface area contributed by atoms with E-state index in [1.54, 1.807) is 0 Å². The van der Waals surface area contributed by atoms with Gasteiger partial charge in [0.05, 0.1) is 5.56 Å². The second-order valence-corrected chi connectivity index (χ2v) is 5.36. The van der Waals surface area contributed by atoms with Gasteiger partial charge in [-0.25, -0.2) is 0 Å². The van der Waals surface area contributed by atoms with Gasteiger partial charge in [0, 0.05) is 10.4 Å². The van der Waals surface area contributed by atoms with Gasteiger partial charge in [0.15, 0.2) is 5.82 Å². The maximum absolute atomic E-state index is 5.92. The van der Waals surface area contributed by atoms with Gasteiger partial charge in [-0.05, 0) is 30.5 Å². The second-order valence-electron chi connectivity index (χ2n) is 4.45. The Balaban J connectivity index is 2.09. The van der Waals surface area contributed by atoms with E-state index in [1.165, 1.54) is 19.3 Å². The first-order valence-corrected chi connectivity index (χ1v) is 6.56. The molecular formula is C13H13BrN2O. The lowest BCUT2D eigenvalue weighted by atomic mass is 9.81. The topological polar surface area (TPSA) is 52.0 Å². The molecule has 2 N–H and O–H groups in total. The van der Waals surface area contributed by atoms with Crippen molar-refractivity contribution in [2.45, 2.75) is 25.2 Å². The Kier molecular flexibility index (Phi) is 2.67. The van der Waals surface area contributed by atoms with Crippen LogP contribution < -0.4 is 5.73 Å². The molecule has 0 spiro atoms. The maximum Gasteiger partial charge on any atom is 0.175 e. The predicted octanol–water partition coefficient (Wildman–Crippen LogP) is 3.95. The number of anilines is 1. The highest BCUT2D eigenvalue weighted by molar-refractivity contribution is 9.10. The summed E-state index contributed by atoms with van der Waals surface area (Å²) < 4.78 is 6.44. The van der Waals surface area contributed by atoms with Gasteiger partial charge in [0.2, 0.25) is 0 Å². The minimum Gasteiger partial charge on any atom is -0.380 e. The molecule has 0 saturated heterocycles. The Labute approximate surface area is 108 Å². The quantitative estimate of drug-likeness (QED) is 0.912. The zero-order valence-electron chi connectivity index (χ0n) is 9.32. The molecule has 1 aliphatic rings. The Morgan fingerprint density at radius 3 is 2.82 bits per heavy atom. The Morgan fingerprint density at radius 2 is 2.18 bits per heavy atom. The van der Waals surface area contributed by atoms with Gasteiger partial charge in [-0.3, -0.25) is 0 Å². The minimum absolute atomic E-state index is 0.491. The summed E-state index contributed by atoms with van der Waals surface area (Å²) in [4.78, 5) is 0. The fourth-order valence-electron chi connectivity index (χ4n) is 2.20. The van der Waals surface area contributed by atoms with Crippen LogP contribution in [0.4, 0.5) is 5.82 Å². The average Bonchev–Trinajstić information content (AvgIpc) is 2.58. The third-order valence-electron chi connectivity index (χ3n) is 3.33. The zero-order valence-corrected chi connectivity index (χ0v) is 10.9.